The predicted molar refractivity (Wildman–Crippen MR) is 69.6 cm³/mol. The van der Waals surface area contributed by atoms with E-state index in [9.17, 15) is 8.42 Å². The van der Waals surface area contributed by atoms with Crippen LogP contribution in [0.15, 0.2) is 23.1 Å². The van der Waals surface area contributed by atoms with E-state index >= 15 is 0 Å². The van der Waals surface area contributed by atoms with Crippen molar-refractivity contribution in [1.29, 1.82) is 0 Å². The van der Waals surface area contributed by atoms with Crippen LogP contribution in [0.1, 0.15) is 19.3 Å². The Hall–Kier alpha value is -0.820. The van der Waals surface area contributed by atoms with Crippen LogP contribution in [0.2, 0.25) is 5.02 Å². The summed E-state index contributed by atoms with van der Waals surface area (Å²) in [6, 6.07) is 4.74. The fourth-order valence-electron chi connectivity index (χ4n) is 2.11. The van der Waals surface area contributed by atoms with Gasteiger partial charge in [-0.05, 0) is 37.5 Å². The van der Waals surface area contributed by atoms with Gasteiger partial charge < -0.3 is 10.1 Å². The normalized spacial score (nSPS) is 16.9. The Morgan fingerprint density at radius 1 is 1.22 bits per heavy atom. The summed E-state index contributed by atoms with van der Waals surface area (Å²) >= 11 is 5.95. The molecule has 0 atom stereocenters. The quantitative estimate of drug-likeness (QED) is 0.836. The Balaban J connectivity index is 2.30. The standard InChI is InChI=1S/C11H15ClN2O3S/c12-10-8-9(14-6-2-1-3-7-14)4-5-11(10)18(16,17)13-15/h4-5,8,13,15H,1-3,6-7H2. The number of anilines is 1. The topological polar surface area (TPSA) is 69.6 Å². The fourth-order valence-corrected chi connectivity index (χ4v) is 3.25. The van der Waals surface area contributed by atoms with Gasteiger partial charge in [-0.25, -0.2) is 8.42 Å². The molecule has 5 nitrogen and oxygen atoms in total. The van der Waals surface area contributed by atoms with Gasteiger partial charge in [-0.1, -0.05) is 16.5 Å². The van der Waals surface area contributed by atoms with Gasteiger partial charge in [0, 0.05) is 18.8 Å². The van der Waals surface area contributed by atoms with Crippen molar-refractivity contribution < 1.29 is 13.6 Å². The van der Waals surface area contributed by atoms with Crippen molar-refractivity contribution in [3.8, 4) is 0 Å². The summed E-state index contributed by atoms with van der Waals surface area (Å²) < 4.78 is 22.9. The second-order valence-electron chi connectivity index (χ2n) is 4.26. The number of sulfonamides is 1. The zero-order valence-corrected chi connectivity index (χ0v) is 11.3. The van der Waals surface area contributed by atoms with E-state index in [2.05, 4.69) is 4.90 Å². The van der Waals surface area contributed by atoms with Crippen molar-refractivity contribution in [2.24, 2.45) is 0 Å². The summed E-state index contributed by atoms with van der Waals surface area (Å²) in [5.74, 6) is 0. The second-order valence-corrected chi connectivity index (χ2v) is 6.29. The molecule has 1 fully saturated rings. The maximum Gasteiger partial charge on any atom is 0.263 e. The van der Waals surface area contributed by atoms with E-state index in [-0.39, 0.29) is 9.92 Å². The van der Waals surface area contributed by atoms with Crippen molar-refractivity contribution in [1.82, 2.24) is 4.89 Å². The number of benzene rings is 1. The van der Waals surface area contributed by atoms with Crippen molar-refractivity contribution in [2.75, 3.05) is 18.0 Å². The highest BCUT2D eigenvalue weighted by Crippen LogP contribution is 2.28. The summed E-state index contributed by atoms with van der Waals surface area (Å²) in [4.78, 5) is 3.33. The largest absolute Gasteiger partial charge is 0.371 e. The van der Waals surface area contributed by atoms with Gasteiger partial charge in [0.2, 0.25) is 0 Å². The molecule has 18 heavy (non-hydrogen) atoms. The number of hydrogen-bond donors (Lipinski definition) is 2. The van der Waals surface area contributed by atoms with Gasteiger partial charge in [0.15, 0.2) is 0 Å². The van der Waals surface area contributed by atoms with Crippen LogP contribution in [-0.2, 0) is 10.0 Å². The van der Waals surface area contributed by atoms with Gasteiger partial charge in [0.25, 0.3) is 10.0 Å². The molecule has 0 bridgehead atoms. The molecule has 0 saturated carbocycles. The third-order valence-electron chi connectivity index (χ3n) is 3.05. The van der Waals surface area contributed by atoms with Crippen LogP contribution in [0.4, 0.5) is 5.69 Å². The van der Waals surface area contributed by atoms with Gasteiger partial charge in [0.05, 0.1) is 5.02 Å². The van der Waals surface area contributed by atoms with Crippen LogP contribution in [0.3, 0.4) is 0 Å². The summed E-state index contributed by atoms with van der Waals surface area (Å²) in [6.45, 7) is 1.92. The molecule has 0 unspecified atom stereocenters. The molecule has 0 radical (unpaired) electrons. The lowest BCUT2D eigenvalue weighted by atomic mass is 10.1. The second kappa shape index (κ2) is 5.44. The number of piperidine rings is 1. The van der Waals surface area contributed by atoms with E-state index in [4.69, 9.17) is 16.8 Å². The zero-order valence-electron chi connectivity index (χ0n) is 9.76. The highest BCUT2D eigenvalue weighted by molar-refractivity contribution is 7.89. The van der Waals surface area contributed by atoms with Crippen LogP contribution in [0.25, 0.3) is 0 Å². The number of rotatable bonds is 3. The third-order valence-corrected chi connectivity index (χ3v) is 4.65. The molecule has 0 spiro atoms. The first kappa shape index (κ1) is 13.6. The lowest BCUT2D eigenvalue weighted by Gasteiger charge is -2.29. The van der Waals surface area contributed by atoms with Crippen molar-refractivity contribution in [2.45, 2.75) is 24.2 Å². The average Bonchev–Trinajstić information content (AvgIpc) is 2.39. The van der Waals surface area contributed by atoms with Crippen LogP contribution >= 0.6 is 11.6 Å². The molecule has 1 aromatic rings. The molecular weight excluding hydrogens is 276 g/mol. The van der Waals surface area contributed by atoms with E-state index in [1.807, 2.05) is 0 Å². The maximum absolute atomic E-state index is 11.5. The van der Waals surface area contributed by atoms with Crippen LogP contribution in [0, 0.1) is 0 Å². The van der Waals surface area contributed by atoms with Gasteiger partial charge in [0.1, 0.15) is 4.90 Å². The average molecular weight is 291 g/mol. The van der Waals surface area contributed by atoms with Crippen LogP contribution in [0.5, 0.6) is 0 Å². The first-order valence-corrected chi connectivity index (χ1v) is 7.61. The molecule has 0 aliphatic carbocycles. The minimum absolute atomic E-state index is 0.111. The van der Waals surface area contributed by atoms with E-state index in [1.54, 1.807) is 12.1 Å². The molecule has 2 N–H and O–H groups in total. The number of hydrogen-bond acceptors (Lipinski definition) is 4. The molecule has 2 rings (SSSR count). The zero-order chi connectivity index (χ0) is 13.2. The molecule has 0 aromatic heterocycles. The highest BCUT2D eigenvalue weighted by atomic mass is 35.5. The Kier molecular flexibility index (Phi) is 4.11. The first-order chi connectivity index (χ1) is 8.54. The molecular formula is C11H15ClN2O3S. The Morgan fingerprint density at radius 2 is 1.89 bits per heavy atom. The molecule has 1 aliphatic heterocycles. The van der Waals surface area contributed by atoms with Gasteiger partial charge in [-0.15, -0.1) is 0 Å². The van der Waals surface area contributed by atoms with E-state index < -0.39 is 10.0 Å². The number of nitrogens with zero attached hydrogens (tertiary/aromatic N) is 1. The molecule has 1 aliphatic rings. The monoisotopic (exact) mass is 290 g/mol. The van der Waals surface area contributed by atoms with E-state index in [0.717, 1.165) is 31.6 Å². The Morgan fingerprint density at radius 3 is 2.44 bits per heavy atom. The number of nitrogens with one attached hydrogen (secondary N) is 1. The van der Waals surface area contributed by atoms with Crippen molar-refractivity contribution in [3.05, 3.63) is 23.2 Å². The molecule has 1 heterocycles. The van der Waals surface area contributed by atoms with Gasteiger partial charge >= 0.3 is 0 Å². The van der Waals surface area contributed by atoms with Crippen molar-refractivity contribution >= 4 is 27.3 Å². The summed E-state index contributed by atoms with van der Waals surface area (Å²) in [5.41, 5.74) is 0.914. The molecule has 100 valence electrons. The first-order valence-electron chi connectivity index (χ1n) is 5.75. The smallest absolute Gasteiger partial charge is 0.263 e. The minimum atomic E-state index is -3.92. The lowest BCUT2D eigenvalue weighted by Crippen LogP contribution is -2.29. The maximum atomic E-state index is 11.5. The highest BCUT2D eigenvalue weighted by Gasteiger charge is 2.19. The van der Waals surface area contributed by atoms with Crippen LogP contribution in [-0.4, -0.2) is 26.7 Å². The number of halogens is 1. The van der Waals surface area contributed by atoms with Crippen molar-refractivity contribution in [3.63, 3.8) is 0 Å². The van der Waals surface area contributed by atoms with Crippen LogP contribution < -0.4 is 9.79 Å². The summed E-state index contributed by atoms with van der Waals surface area (Å²) in [5, 5.41) is 8.69. The van der Waals surface area contributed by atoms with E-state index in [1.165, 1.54) is 17.4 Å². The fraction of sp³-hybridized carbons (Fsp3) is 0.455. The molecule has 1 aromatic carbocycles. The predicted octanol–water partition coefficient (Wildman–Crippen LogP) is 2.00. The molecule has 0 amide bonds. The Bertz CT molecular complexity index is 527. The minimum Gasteiger partial charge on any atom is -0.371 e. The van der Waals surface area contributed by atoms with E-state index in [0.29, 0.717) is 0 Å². The van der Waals surface area contributed by atoms with Gasteiger partial charge in [-0.3, -0.25) is 0 Å². The summed E-state index contributed by atoms with van der Waals surface area (Å²) in [7, 11) is -3.92. The summed E-state index contributed by atoms with van der Waals surface area (Å²) in [6.07, 6.45) is 3.50. The molecule has 1 saturated heterocycles. The SMILES string of the molecule is O=S(=O)(NO)c1ccc(N2CCCCC2)cc1Cl. The van der Waals surface area contributed by atoms with Gasteiger partial charge in [-0.2, -0.15) is 0 Å². The molecule has 7 heteroatoms. The third kappa shape index (κ3) is 2.77. The Labute approximate surface area is 111 Å². The lowest BCUT2D eigenvalue weighted by molar-refractivity contribution is 0.242.